The molecule has 0 fully saturated rings. The summed E-state index contributed by atoms with van der Waals surface area (Å²) in [4.78, 5) is 12.6. The highest BCUT2D eigenvalue weighted by Crippen LogP contribution is 2.32. The van der Waals surface area contributed by atoms with Crippen molar-refractivity contribution in [3.8, 4) is 11.5 Å². The van der Waals surface area contributed by atoms with E-state index in [1.165, 1.54) is 0 Å². The number of Topliss-reactive ketones (excluding diaryl/α,β-unsaturated/α-hetero) is 1. The van der Waals surface area contributed by atoms with Crippen LogP contribution in [0.2, 0.25) is 0 Å². The number of rotatable bonds is 19. The molecule has 0 aliphatic rings. The molecule has 0 amide bonds. The lowest BCUT2D eigenvalue weighted by Crippen LogP contribution is -2.40. The van der Waals surface area contributed by atoms with Crippen LogP contribution in [0, 0.1) is 23.7 Å². The fourth-order valence-corrected chi connectivity index (χ4v) is 4.61. The minimum absolute atomic E-state index is 0.0993. The number of aliphatic hydroxyl groups is 1. The normalized spacial score (nSPS) is 15.4. The van der Waals surface area contributed by atoms with Crippen molar-refractivity contribution in [1.82, 2.24) is 0 Å². The smallest absolute Gasteiger partial charge is 0.389 e. The summed E-state index contributed by atoms with van der Waals surface area (Å²) in [5.74, 6) is 0.891. The fourth-order valence-electron chi connectivity index (χ4n) is 4.61. The number of benzene rings is 1. The van der Waals surface area contributed by atoms with Gasteiger partial charge in [0.15, 0.2) is 11.5 Å². The summed E-state index contributed by atoms with van der Waals surface area (Å²) in [6.07, 6.45) is -4.39. The summed E-state index contributed by atoms with van der Waals surface area (Å²) in [6, 6.07) is 5.28. The lowest BCUT2D eigenvalue weighted by atomic mass is 9.79. The molecule has 0 heterocycles. The molecule has 38 heavy (non-hydrogen) atoms. The molecule has 9 heteroatoms. The average molecular weight is 548 g/mol. The van der Waals surface area contributed by atoms with E-state index in [2.05, 4.69) is 13.8 Å². The van der Waals surface area contributed by atoms with Gasteiger partial charge in [0.1, 0.15) is 5.78 Å². The van der Waals surface area contributed by atoms with Gasteiger partial charge < -0.3 is 25.1 Å². The van der Waals surface area contributed by atoms with Gasteiger partial charge in [-0.25, -0.2) is 0 Å². The number of ether oxygens (including phenoxy) is 3. The third-order valence-corrected chi connectivity index (χ3v) is 7.09. The number of halogens is 3. The number of nitrogens with two attached hydrogens (primary N) is 1. The Kier molecular flexibility index (Phi) is 15.3. The maximum absolute atomic E-state index is 12.6. The van der Waals surface area contributed by atoms with Crippen molar-refractivity contribution in [1.29, 1.82) is 0 Å². The monoisotopic (exact) mass is 547 g/mol. The van der Waals surface area contributed by atoms with Gasteiger partial charge in [0.2, 0.25) is 0 Å². The molecular formula is C29H48F3NO5. The SMILES string of the molecule is COCCCOc1cc(C[C@@H](C[C@H](N)[C@@H](O)C[C@H](C(=O)CCCC(F)(F)F)C(C)C)C(C)C)ccc1OC. The molecule has 0 aliphatic carbocycles. The molecule has 4 atom stereocenters. The predicted octanol–water partition coefficient (Wildman–Crippen LogP) is 5.97. The van der Waals surface area contributed by atoms with E-state index in [1.54, 1.807) is 14.2 Å². The van der Waals surface area contributed by atoms with Crippen molar-refractivity contribution in [2.75, 3.05) is 27.4 Å². The van der Waals surface area contributed by atoms with Gasteiger partial charge in [-0.15, -0.1) is 0 Å². The number of methoxy groups -OCH3 is 2. The molecule has 0 saturated carbocycles. The number of carbonyl (C=O) groups is 1. The number of aliphatic hydroxyl groups excluding tert-OH is 1. The quantitative estimate of drug-likeness (QED) is 0.208. The first kappa shape index (κ1) is 34.2. The van der Waals surface area contributed by atoms with Crippen LogP contribution in [-0.2, 0) is 16.0 Å². The molecule has 0 bridgehead atoms. The van der Waals surface area contributed by atoms with Gasteiger partial charge in [0.05, 0.1) is 19.8 Å². The average Bonchev–Trinajstić information content (AvgIpc) is 2.83. The van der Waals surface area contributed by atoms with E-state index in [0.717, 1.165) is 18.4 Å². The molecule has 0 radical (unpaired) electrons. The summed E-state index contributed by atoms with van der Waals surface area (Å²) in [6.45, 7) is 9.02. The standard InChI is InChI=1S/C29H48F3NO5/c1-19(2)22(15-21-10-11-27(37-6)28(16-21)38-14-8-13-36-5)17-24(33)26(35)18-23(20(3)4)25(34)9-7-12-29(30,31)32/h10-11,16,19-20,22-24,26,35H,7-9,12-15,17-18,33H2,1-6H3/t22-,23-,24-,26-/m0/s1. The van der Waals surface area contributed by atoms with Crippen LogP contribution in [0.4, 0.5) is 13.2 Å². The number of alkyl halides is 3. The van der Waals surface area contributed by atoms with Crippen molar-refractivity contribution < 1.29 is 37.3 Å². The first-order valence-corrected chi connectivity index (χ1v) is 13.6. The second-order valence-corrected chi connectivity index (χ2v) is 10.9. The van der Waals surface area contributed by atoms with E-state index in [0.29, 0.717) is 31.1 Å². The Morgan fingerprint density at radius 2 is 1.68 bits per heavy atom. The Morgan fingerprint density at radius 1 is 1.00 bits per heavy atom. The number of hydrogen-bond donors (Lipinski definition) is 2. The maximum atomic E-state index is 12.6. The molecular weight excluding hydrogens is 499 g/mol. The van der Waals surface area contributed by atoms with E-state index in [-0.39, 0.29) is 42.8 Å². The van der Waals surface area contributed by atoms with Crippen molar-refractivity contribution in [3.05, 3.63) is 23.8 Å². The van der Waals surface area contributed by atoms with E-state index >= 15 is 0 Å². The molecule has 1 aromatic rings. The molecule has 0 unspecified atom stereocenters. The lowest BCUT2D eigenvalue weighted by Gasteiger charge is -2.30. The van der Waals surface area contributed by atoms with E-state index in [4.69, 9.17) is 19.9 Å². The Labute approximate surface area is 226 Å². The van der Waals surface area contributed by atoms with Crippen LogP contribution in [0.5, 0.6) is 11.5 Å². The van der Waals surface area contributed by atoms with Gasteiger partial charge in [-0.3, -0.25) is 4.79 Å². The van der Waals surface area contributed by atoms with Gasteiger partial charge in [-0.05, 0) is 61.1 Å². The van der Waals surface area contributed by atoms with Gasteiger partial charge in [-0.1, -0.05) is 33.8 Å². The van der Waals surface area contributed by atoms with Crippen LogP contribution in [0.15, 0.2) is 18.2 Å². The Morgan fingerprint density at radius 3 is 2.24 bits per heavy atom. The highest BCUT2D eigenvalue weighted by Gasteiger charge is 2.31. The second-order valence-electron chi connectivity index (χ2n) is 10.9. The Balaban J connectivity index is 2.82. The molecule has 0 spiro atoms. The topological polar surface area (TPSA) is 91.0 Å². The molecule has 220 valence electrons. The molecule has 0 aromatic heterocycles. The zero-order chi connectivity index (χ0) is 28.9. The Bertz CT molecular complexity index is 816. The molecule has 3 N–H and O–H groups in total. The zero-order valence-corrected chi connectivity index (χ0v) is 23.9. The third-order valence-electron chi connectivity index (χ3n) is 7.09. The first-order valence-electron chi connectivity index (χ1n) is 13.6. The Hall–Kier alpha value is -1.84. The van der Waals surface area contributed by atoms with Crippen LogP contribution in [-0.4, -0.2) is 56.6 Å². The van der Waals surface area contributed by atoms with Crippen LogP contribution in [0.1, 0.15) is 71.8 Å². The summed E-state index contributed by atoms with van der Waals surface area (Å²) in [7, 11) is 3.24. The molecule has 1 aromatic carbocycles. The molecule has 0 saturated heterocycles. The summed E-state index contributed by atoms with van der Waals surface area (Å²) in [5.41, 5.74) is 7.48. The summed E-state index contributed by atoms with van der Waals surface area (Å²) < 4.78 is 53.9. The molecule has 0 aliphatic heterocycles. The van der Waals surface area contributed by atoms with Crippen molar-refractivity contribution >= 4 is 5.78 Å². The van der Waals surface area contributed by atoms with E-state index < -0.39 is 30.7 Å². The van der Waals surface area contributed by atoms with Crippen LogP contribution in [0.3, 0.4) is 0 Å². The fraction of sp³-hybridized carbons (Fsp3) is 0.759. The predicted molar refractivity (Wildman–Crippen MR) is 143 cm³/mol. The highest BCUT2D eigenvalue weighted by molar-refractivity contribution is 5.81. The zero-order valence-electron chi connectivity index (χ0n) is 23.9. The number of carbonyl (C=O) groups excluding carboxylic acids is 1. The first-order chi connectivity index (χ1) is 17.8. The second kappa shape index (κ2) is 17.0. The third kappa shape index (κ3) is 12.8. The minimum Gasteiger partial charge on any atom is -0.493 e. The lowest BCUT2D eigenvalue weighted by molar-refractivity contribution is -0.138. The van der Waals surface area contributed by atoms with Crippen LogP contribution >= 0.6 is 0 Å². The molecule has 6 nitrogen and oxygen atoms in total. The van der Waals surface area contributed by atoms with E-state index in [1.807, 2.05) is 32.0 Å². The van der Waals surface area contributed by atoms with E-state index in [9.17, 15) is 23.1 Å². The molecule has 1 rings (SSSR count). The van der Waals surface area contributed by atoms with Crippen LogP contribution < -0.4 is 15.2 Å². The number of hydrogen-bond acceptors (Lipinski definition) is 6. The largest absolute Gasteiger partial charge is 0.493 e. The maximum Gasteiger partial charge on any atom is 0.389 e. The minimum atomic E-state index is -4.28. The van der Waals surface area contributed by atoms with Gasteiger partial charge in [0, 0.05) is 44.9 Å². The number of ketones is 1. The van der Waals surface area contributed by atoms with Crippen LogP contribution in [0.25, 0.3) is 0 Å². The highest BCUT2D eigenvalue weighted by atomic mass is 19.4. The van der Waals surface area contributed by atoms with Gasteiger partial charge in [-0.2, -0.15) is 13.2 Å². The van der Waals surface area contributed by atoms with Crippen molar-refractivity contribution in [2.45, 2.75) is 91.0 Å². The van der Waals surface area contributed by atoms with Crippen molar-refractivity contribution in [3.63, 3.8) is 0 Å². The summed E-state index contributed by atoms with van der Waals surface area (Å²) in [5, 5.41) is 10.9. The summed E-state index contributed by atoms with van der Waals surface area (Å²) >= 11 is 0. The van der Waals surface area contributed by atoms with Gasteiger partial charge >= 0.3 is 6.18 Å². The van der Waals surface area contributed by atoms with Crippen molar-refractivity contribution in [2.24, 2.45) is 29.4 Å². The van der Waals surface area contributed by atoms with Gasteiger partial charge in [0.25, 0.3) is 0 Å².